The fourth-order valence-corrected chi connectivity index (χ4v) is 27.7. The van der Waals surface area contributed by atoms with Crippen molar-refractivity contribution in [2.75, 3.05) is 46.8 Å². The second kappa shape index (κ2) is 55.6. The van der Waals surface area contributed by atoms with Crippen LogP contribution in [0.4, 0.5) is 46.0 Å². The number of ketones is 1. The van der Waals surface area contributed by atoms with Crippen LogP contribution in [-0.2, 0) is 23.3 Å². The molecule has 150 heavy (non-hydrogen) atoms. The van der Waals surface area contributed by atoms with Gasteiger partial charge in [0.2, 0.25) is 0 Å². The van der Waals surface area contributed by atoms with E-state index in [0.717, 1.165) is 90.5 Å². The molecule has 3 heterocycles. The molecule has 2 amide bonds. The Hall–Kier alpha value is -13.2. The molecule has 24 nitrogen and oxygen atoms in total. The number of rotatable bonds is 35. The van der Waals surface area contributed by atoms with E-state index in [1.54, 1.807) is 118 Å². The minimum Gasteiger partial charge on any atom is -1.00 e. The standard InChI is InChI=1S/C30H27FN4O2.C30H31FN4O2.C18H20FNO.C12H21FNSi2.C12H9N3O2.C12H14O.C4H13N3.BrH.Mg/c1-20-17-28(35(34-20)25-10-6-9-24(19-25)32-2)29(36)33-27-18-23(13-14-26(27)31)30(37,16-15-21-11-12-21)22-7-4-3-5-8-22;1-20-16-28(35(34-20)25-9-5-6-22(17-25)19-32)29(36)33-27-18-24(12-13-26(27)31)30(37,15-14-21-10-11-21)23-7-3-2-4-8-23;19-16-9-8-15(12-17(16)20)18(21,11-10-13-6-7-13)14-4-2-1-3-5-14;1-15(2,3)14(16(4,5)6)12-10-8-7-9-11(12)13;1-8-5-11(12(16)17)15(14-8)10-4-2-3-9(6-10)7-13;13-12(9-8-10-6-7-10)11-4-2-1-3-5-11;5-1-3-7-4-2-6;;/h3-10,13-14,17-19,21,37H,11-12,15-16H2,1H3,(H,33,36);2-9,12-13,16-18,21,37H,10-11,14-15,19,32H2,1H3,(H,33,36);1-5,8-9,12-13,21H,6-7,10-11,20H2;7,9-10H,1-6H3;2-6H,1H3,(H,16,17);1-5,10H,6-9H2;7H,1-6H2;1H;/q;;;-1;;;;;+2/p-1. The molecule has 15 N–H and O–H groups in total. The molecular formula is C118H135BrF4MgN16O8Si2. The van der Waals surface area contributed by atoms with Crippen molar-refractivity contribution in [1.29, 1.82) is 5.26 Å². The molecule has 3 unspecified atom stereocenters. The van der Waals surface area contributed by atoms with Crippen molar-refractivity contribution in [2.24, 2.45) is 40.9 Å². The van der Waals surface area contributed by atoms with E-state index in [-0.39, 0.29) is 80.0 Å². The zero-order valence-electron chi connectivity index (χ0n) is 86.6. The Morgan fingerprint density at radius 1 is 0.480 bits per heavy atom. The molecule has 3 aromatic heterocycles. The normalized spacial score (nSPS) is 14.0. The number of aryl methyl sites for hydroxylation is 3. The van der Waals surface area contributed by atoms with Crippen LogP contribution in [-0.4, -0.2) is 139 Å². The minimum absolute atomic E-state index is 0. The van der Waals surface area contributed by atoms with Crippen LogP contribution >= 0.6 is 0 Å². The van der Waals surface area contributed by atoms with E-state index < -0.39 is 68.5 Å². The first kappa shape index (κ1) is 119. The number of aromatic nitrogens is 6. The van der Waals surface area contributed by atoms with Gasteiger partial charge in [0.1, 0.15) is 62.1 Å². The summed E-state index contributed by atoms with van der Waals surface area (Å²) in [5, 5.41) is 74.2. The SMILES string of the molecule is C[Si](C)(C)N(c1c[c-]ccc1F)[Si](C)(C)C.Cc1cc(C(=O)Nc2cc(C(O)(CCC3CC3)c3ccccc3)ccc2F)n(-c2cccc(CN)c2)n1.Cc1cc(C(=O)O)n(-c2cccc(C#N)c2)n1.NCCNCCN.Nc1cc(C(O)(CCC2CC2)c2ccccc2)ccc1F.O=C(CCC1CC1)c1ccccc1.[Br-].[C-]#[N+]c1cccc(-n2nc(C)cc2C(=O)Nc2cc(C(O)(CCC3CC3)c3ccccc3)ccc2F)c1.[Mg+2]. The molecule has 0 bridgehead atoms. The van der Waals surface area contributed by atoms with Gasteiger partial charge in [0.15, 0.2) is 17.2 Å². The van der Waals surface area contributed by atoms with Crippen molar-refractivity contribution in [1.82, 2.24) is 34.7 Å². The maximum atomic E-state index is 15.0. The maximum Gasteiger partial charge on any atom is 2.00 e. The molecule has 4 aliphatic carbocycles. The van der Waals surface area contributed by atoms with Gasteiger partial charge in [0.25, 0.3) is 11.8 Å². The molecule has 4 fully saturated rings. The van der Waals surface area contributed by atoms with Gasteiger partial charge in [0, 0.05) is 50.5 Å². The molecule has 780 valence electrons. The summed E-state index contributed by atoms with van der Waals surface area (Å²) in [5.41, 5.74) is 29.8. The minimum atomic E-state index is -1.56. The molecule has 0 saturated heterocycles. The molecular weight excluding hydrogens is 2010 g/mol. The number of hydrogen-bond donors (Lipinski definition) is 11. The second-order valence-corrected chi connectivity index (χ2v) is 50.1. The molecule has 0 spiro atoms. The number of halogens is 5. The van der Waals surface area contributed by atoms with E-state index >= 15 is 0 Å². The number of carbonyl (C=O) groups is 4. The number of benzene rings is 11. The Kier molecular flexibility index (Phi) is 44.0. The largest absolute Gasteiger partial charge is 2.00 e. The Labute approximate surface area is 906 Å². The molecule has 14 aromatic rings. The number of nitrogens with one attached hydrogen (secondary N) is 3. The van der Waals surface area contributed by atoms with Gasteiger partial charge >= 0.3 is 29.0 Å². The van der Waals surface area contributed by atoms with Crippen molar-refractivity contribution in [3.63, 3.8) is 0 Å². The molecule has 3 atom stereocenters. The van der Waals surface area contributed by atoms with E-state index in [1.807, 2.05) is 152 Å². The quantitative estimate of drug-likeness (QED) is 0.00439. The monoisotopic (exact) mass is 2140 g/mol. The van der Waals surface area contributed by atoms with E-state index in [1.165, 1.54) is 108 Å². The van der Waals surface area contributed by atoms with Crippen molar-refractivity contribution in [2.45, 2.75) is 186 Å². The van der Waals surface area contributed by atoms with Gasteiger partial charge in [-0.05, 0) is 225 Å². The number of nitriles is 1. The summed E-state index contributed by atoms with van der Waals surface area (Å²) >= 11 is 0. The molecule has 0 radical (unpaired) electrons. The number of nitrogens with zero attached hydrogens (tertiary/aromatic N) is 9. The smallest absolute Gasteiger partial charge is 1.00 e. The van der Waals surface area contributed by atoms with Crippen LogP contribution in [0.3, 0.4) is 0 Å². The summed E-state index contributed by atoms with van der Waals surface area (Å²) in [4.78, 5) is 52.7. The maximum absolute atomic E-state index is 15.0. The fourth-order valence-electron chi connectivity index (χ4n) is 17.8. The third-order valence-electron chi connectivity index (χ3n) is 26.0. The van der Waals surface area contributed by atoms with Crippen molar-refractivity contribution < 1.29 is 74.1 Å². The summed E-state index contributed by atoms with van der Waals surface area (Å²) in [5.74, 6) is -0.751. The Balaban J connectivity index is 0.000000188. The zero-order chi connectivity index (χ0) is 106. The number of carboxylic acids is 1. The van der Waals surface area contributed by atoms with E-state index in [4.69, 9.17) is 39.9 Å². The zero-order valence-corrected chi connectivity index (χ0v) is 91.6. The van der Waals surface area contributed by atoms with Crippen molar-refractivity contribution in [3.05, 3.63) is 410 Å². The van der Waals surface area contributed by atoms with Gasteiger partial charge in [-0.3, -0.25) is 14.4 Å². The number of hydrogen-bond acceptors (Lipinski definition) is 17. The summed E-state index contributed by atoms with van der Waals surface area (Å²) in [6.45, 7) is 29.6. The number of anilines is 4. The number of aromatic carboxylic acids is 1. The fraction of sp³-hybridized carbons (Fsp3) is 0.314. The van der Waals surface area contributed by atoms with Gasteiger partial charge < -0.3 is 80.5 Å². The van der Waals surface area contributed by atoms with Crippen LogP contribution in [0.25, 0.3) is 21.9 Å². The molecule has 4 saturated carbocycles. The van der Waals surface area contributed by atoms with Gasteiger partial charge in [-0.1, -0.05) is 266 Å². The number of carboxylic acid groups (broad SMARTS) is 1. The average Bonchev–Trinajstić information content (AvgIpc) is 1.35. The third-order valence-corrected chi connectivity index (χ3v) is 33.2. The number of aliphatic hydroxyl groups is 3. The van der Waals surface area contributed by atoms with Crippen molar-refractivity contribution in [3.8, 4) is 23.1 Å². The molecule has 32 heteroatoms. The number of amides is 2. The van der Waals surface area contributed by atoms with Crippen LogP contribution in [0.15, 0.2) is 285 Å². The van der Waals surface area contributed by atoms with Gasteiger partial charge in [-0.15, -0.1) is 6.07 Å². The van der Waals surface area contributed by atoms with Crippen LogP contribution in [0, 0.1) is 91.7 Å². The number of nitrogen functional groups attached to an aromatic ring is 1. The van der Waals surface area contributed by atoms with Crippen molar-refractivity contribution >= 4 is 91.5 Å². The molecule has 0 aliphatic heterocycles. The van der Waals surface area contributed by atoms with Gasteiger partial charge in [-0.25, -0.2) is 41.2 Å². The second-order valence-electron chi connectivity index (χ2n) is 40.0. The predicted octanol–water partition coefficient (Wildman–Crippen LogP) is 19.9. The van der Waals surface area contributed by atoms with Crippen LogP contribution in [0.1, 0.15) is 206 Å². The Morgan fingerprint density at radius 2 is 0.867 bits per heavy atom. The van der Waals surface area contributed by atoms with E-state index in [2.05, 4.69) is 85.7 Å². The number of nitrogens with two attached hydrogens (primary N) is 4. The summed E-state index contributed by atoms with van der Waals surface area (Å²) in [7, 11) is -3.12. The average molecular weight is 2140 g/mol. The first-order valence-electron chi connectivity index (χ1n) is 50.3. The Bertz CT molecular complexity index is 6880. The first-order valence-corrected chi connectivity index (χ1v) is 57.2. The van der Waals surface area contributed by atoms with Crippen LogP contribution < -0.4 is 60.1 Å². The number of carbonyl (C=O) groups excluding carboxylic acids is 3. The van der Waals surface area contributed by atoms with E-state index in [9.17, 15) is 52.1 Å². The number of Topliss-reactive ketones (excluding diaryl/α,β-unsaturated/α-hetero) is 1. The van der Waals surface area contributed by atoms with E-state index in [0.29, 0.717) is 119 Å². The molecule has 18 rings (SSSR count). The summed E-state index contributed by atoms with van der Waals surface area (Å²) < 4.78 is 63.8. The van der Waals surface area contributed by atoms with Crippen LogP contribution in [0.2, 0.25) is 39.3 Å². The van der Waals surface area contributed by atoms with Crippen LogP contribution in [0.5, 0.6) is 0 Å². The predicted molar refractivity (Wildman–Crippen MR) is 588 cm³/mol. The van der Waals surface area contributed by atoms with Gasteiger partial charge in [-0.2, -0.15) is 38.8 Å². The first-order chi connectivity index (χ1) is 70.9. The summed E-state index contributed by atoms with van der Waals surface area (Å²) in [6.07, 6.45) is 16.1. The van der Waals surface area contributed by atoms with Gasteiger partial charge in [0.05, 0.1) is 69.4 Å². The molecule has 4 aliphatic rings. The third kappa shape index (κ3) is 33.7. The topological polar surface area (TPSA) is 374 Å². The molecule has 11 aromatic carbocycles. The summed E-state index contributed by atoms with van der Waals surface area (Å²) in [6, 6.07) is 86.8. The Morgan fingerprint density at radius 3 is 1.26 bits per heavy atom.